The van der Waals surface area contributed by atoms with Crippen LogP contribution in [0.5, 0.6) is 0 Å². The smallest absolute Gasteiger partial charge is 0.341 e. The van der Waals surface area contributed by atoms with Crippen LogP contribution in [0.4, 0.5) is 5.00 Å². The Hall–Kier alpha value is -2.14. The number of ether oxygens (including phenoxy) is 1. The Morgan fingerprint density at radius 2 is 2.00 bits per heavy atom. The van der Waals surface area contributed by atoms with Crippen molar-refractivity contribution in [2.45, 2.75) is 33.1 Å². The summed E-state index contributed by atoms with van der Waals surface area (Å²) in [4.78, 5) is 25.3. The molecule has 1 aromatic carbocycles. The molecule has 1 aliphatic rings. The Morgan fingerprint density at radius 3 is 2.74 bits per heavy atom. The van der Waals surface area contributed by atoms with Gasteiger partial charge in [0.15, 0.2) is 0 Å². The van der Waals surface area contributed by atoms with E-state index in [1.54, 1.807) is 13.8 Å². The second-order valence-corrected chi connectivity index (χ2v) is 6.41. The van der Waals surface area contributed by atoms with Crippen LogP contribution in [0.1, 0.15) is 41.8 Å². The van der Waals surface area contributed by atoms with E-state index in [0.717, 1.165) is 28.8 Å². The van der Waals surface area contributed by atoms with Gasteiger partial charge in [-0.2, -0.15) is 0 Å². The summed E-state index contributed by atoms with van der Waals surface area (Å²) in [5, 5.41) is 3.47. The number of hydrogen-bond acceptors (Lipinski definition) is 4. The molecule has 0 fully saturated rings. The van der Waals surface area contributed by atoms with E-state index in [1.165, 1.54) is 16.9 Å². The van der Waals surface area contributed by atoms with Crippen LogP contribution in [0, 0.1) is 0 Å². The Labute approximate surface area is 139 Å². The minimum Gasteiger partial charge on any atom is -0.462 e. The molecule has 1 N–H and O–H groups in total. The number of fused-ring (bicyclic) bond motifs is 3. The van der Waals surface area contributed by atoms with E-state index in [4.69, 9.17) is 4.74 Å². The maximum Gasteiger partial charge on any atom is 0.341 e. The van der Waals surface area contributed by atoms with Crippen LogP contribution >= 0.6 is 11.3 Å². The van der Waals surface area contributed by atoms with Gasteiger partial charge in [0.1, 0.15) is 5.00 Å². The molecule has 0 spiro atoms. The van der Waals surface area contributed by atoms with Crippen molar-refractivity contribution >= 4 is 28.2 Å². The van der Waals surface area contributed by atoms with Crippen molar-refractivity contribution in [3.8, 4) is 10.4 Å². The third kappa shape index (κ3) is 2.88. The van der Waals surface area contributed by atoms with Gasteiger partial charge in [-0.05, 0) is 36.5 Å². The number of carbonyl (C=O) groups is 2. The molecule has 5 heteroatoms. The van der Waals surface area contributed by atoms with Gasteiger partial charge < -0.3 is 10.1 Å². The molecule has 1 heterocycles. The molecule has 1 amide bonds. The predicted octanol–water partition coefficient (Wildman–Crippen LogP) is 4.04. The average Bonchev–Trinajstić information content (AvgIpc) is 2.93. The topological polar surface area (TPSA) is 55.4 Å². The Morgan fingerprint density at radius 1 is 1.22 bits per heavy atom. The molecule has 120 valence electrons. The lowest BCUT2D eigenvalue weighted by Crippen LogP contribution is -2.14. The lowest BCUT2D eigenvalue weighted by atomic mass is 9.89. The number of benzene rings is 1. The van der Waals surface area contributed by atoms with Gasteiger partial charge in [-0.15, -0.1) is 11.3 Å². The summed E-state index contributed by atoms with van der Waals surface area (Å²) < 4.78 is 5.21. The Balaban J connectivity index is 2.13. The van der Waals surface area contributed by atoms with Gasteiger partial charge in [-0.3, -0.25) is 4.79 Å². The SMILES string of the molecule is CCOC(=O)c1c(NC(=O)CC)sc2c1CCc1ccccc1-2. The molecule has 0 atom stereocenters. The fraction of sp³-hybridized carbons (Fsp3) is 0.333. The first kappa shape index (κ1) is 15.7. The van der Waals surface area contributed by atoms with Crippen molar-refractivity contribution in [3.05, 3.63) is 41.0 Å². The Bertz CT molecular complexity index is 764. The average molecular weight is 329 g/mol. The summed E-state index contributed by atoms with van der Waals surface area (Å²) in [5.74, 6) is -0.446. The minimum atomic E-state index is -0.351. The van der Waals surface area contributed by atoms with Gasteiger partial charge in [0.25, 0.3) is 0 Å². The van der Waals surface area contributed by atoms with E-state index in [-0.39, 0.29) is 11.9 Å². The summed E-state index contributed by atoms with van der Waals surface area (Å²) in [5.41, 5.74) is 3.97. The first-order valence-electron chi connectivity index (χ1n) is 7.86. The summed E-state index contributed by atoms with van der Waals surface area (Å²) in [6, 6.07) is 8.22. The molecular formula is C18H19NO3S. The number of hydrogen-bond donors (Lipinski definition) is 1. The third-order valence-corrected chi connectivity index (χ3v) is 5.15. The number of esters is 1. The number of carbonyl (C=O) groups excluding carboxylic acids is 2. The molecule has 0 saturated carbocycles. The Kier molecular flexibility index (Phi) is 4.48. The zero-order chi connectivity index (χ0) is 16.4. The van der Waals surface area contributed by atoms with Crippen LogP contribution in [0.15, 0.2) is 24.3 Å². The normalized spacial score (nSPS) is 12.3. The quantitative estimate of drug-likeness (QED) is 0.861. The van der Waals surface area contributed by atoms with Crippen molar-refractivity contribution < 1.29 is 14.3 Å². The standard InChI is InChI=1S/C18H19NO3S/c1-3-14(20)19-17-15(18(21)22-4-2)13-10-9-11-7-5-6-8-12(11)16(13)23-17/h5-8H,3-4,9-10H2,1-2H3,(H,19,20). The van der Waals surface area contributed by atoms with Gasteiger partial charge in [0, 0.05) is 11.3 Å². The molecule has 1 aliphatic carbocycles. The fourth-order valence-electron chi connectivity index (χ4n) is 2.86. The lowest BCUT2D eigenvalue weighted by Gasteiger charge is -2.16. The maximum atomic E-state index is 12.4. The minimum absolute atomic E-state index is 0.0950. The van der Waals surface area contributed by atoms with Crippen molar-refractivity contribution in [1.82, 2.24) is 0 Å². The molecule has 1 aromatic heterocycles. The van der Waals surface area contributed by atoms with E-state index >= 15 is 0 Å². The van der Waals surface area contributed by atoms with Crippen molar-refractivity contribution in [2.75, 3.05) is 11.9 Å². The molecule has 4 nitrogen and oxygen atoms in total. The highest BCUT2D eigenvalue weighted by molar-refractivity contribution is 7.20. The first-order chi connectivity index (χ1) is 11.2. The van der Waals surface area contributed by atoms with Crippen LogP contribution in [-0.2, 0) is 22.4 Å². The number of thiophene rings is 1. The number of nitrogens with one attached hydrogen (secondary N) is 1. The molecule has 23 heavy (non-hydrogen) atoms. The van der Waals surface area contributed by atoms with E-state index in [1.807, 2.05) is 12.1 Å². The third-order valence-electron chi connectivity index (χ3n) is 3.97. The zero-order valence-electron chi connectivity index (χ0n) is 13.3. The van der Waals surface area contributed by atoms with E-state index < -0.39 is 0 Å². The second-order valence-electron chi connectivity index (χ2n) is 5.39. The molecule has 2 aromatic rings. The van der Waals surface area contributed by atoms with Crippen LogP contribution in [0.2, 0.25) is 0 Å². The van der Waals surface area contributed by atoms with Gasteiger partial charge in [-0.1, -0.05) is 31.2 Å². The lowest BCUT2D eigenvalue weighted by molar-refractivity contribution is -0.115. The largest absolute Gasteiger partial charge is 0.462 e. The van der Waals surface area contributed by atoms with Crippen LogP contribution in [0.25, 0.3) is 10.4 Å². The first-order valence-corrected chi connectivity index (χ1v) is 8.68. The van der Waals surface area contributed by atoms with E-state index in [9.17, 15) is 9.59 Å². The van der Waals surface area contributed by atoms with Crippen molar-refractivity contribution in [1.29, 1.82) is 0 Å². The predicted molar refractivity (Wildman–Crippen MR) is 92.0 cm³/mol. The molecular weight excluding hydrogens is 310 g/mol. The summed E-state index contributed by atoms with van der Waals surface area (Å²) >= 11 is 1.47. The number of aryl methyl sites for hydroxylation is 1. The van der Waals surface area contributed by atoms with Gasteiger partial charge in [0.05, 0.1) is 12.2 Å². The van der Waals surface area contributed by atoms with Crippen molar-refractivity contribution in [2.24, 2.45) is 0 Å². The summed E-state index contributed by atoms with van der Waals surface area (Å²) in [6.07, 6.45) is 2.06. The van der Waals surface area contributed by atoms with Crippen molar-refractivity contribution in [3.63, 3.8) is 0 Å². The van der Waals surface area contributed by atoms with Gasteiger partial charge >= 0.3 is 5.97 Å². The monoisotopic (exact) mass is 329 g/mol. The molecule has 0 bridgehead atoms. The molecule has 0 radical (unpaired) electrons. The van der Waals surface area contributed by atoms with E-state index in [0.29, 0.717) is 23.6 Å². The zero-order valence-corrected chi connectivity index (χ0v) is 14.1. The van der Waals surface area contributed by atoms with Gasteiger partial charge in [-0.25, -0.2) is 4.79 Å². The van der Waals surface area contributed by atoms with Crippen LogP contribution < -0.4 is 5.32 Å². The highest BCUT2D eigenvalue weighted by atomic mass is 32.1. The van der Waals surface area contributed by atoms with Crippen LogP contribution in [-0.4, -0.2) is 18.5 Å². The molecule has 0 aliphatic heterocycles. The fourth-order valence-corrected chi connectivity index (χ4v) is 4.18. The van der Waals surface area contributed by atoms with E-state index in [2.05, 4.69) is 17.4 Å². The number of amides is 1. The maximum absolute atomic E-state index is 12.4. The summed E-state index contributed by atoms with van der Waals surface area (Å²) in [6.45, 7) is 3.90. The second kappa shape index (κ2) is 6.54. The molecule has 0 unspecified atom stereocenters. The molecule has 3 rings (SSSR count). The highest BCUT2D eigenvalue weighted by Crippen LogP contribution is 2.45. The molecule has 0 saturated heterocycles. The van der Waals surface area contributed by atoms with Gasteiger partial charge in [0.2, 0.25) is 5.91 Å². The van der Waals surface area contributed by atoms with Crippen LogP contribution in [0.3, 0.4) is 0 Å². The number of anilines is 1. The highest BCUT2D eigenvalue weighted by Gasteiger charge is 2.29. The number of rotatable bonds is 4. The summed E-state index contributed by atoms with van der Waals surface area (Å²) in [7, 11) is 0.